The van der Waals surface area contributed by atoms with Crippen molar-refractivity contribution in [1.29, 1.82) is 0 Å². The molecule has 1 aliphatic rings. The van der Waals surface area contributed by atoms with E-state index in [1.165, 1.54) is 42.5 Å². The molecule has 0 amide bonds. The van der Waals surface area contributed by atoms with Gasteiger partial charge in [0.2, 0.25) is 0 Å². The quantitative estimate of drug-likeness (QED) is 0.802. The SMILES string of the molecule is Cc1cc(C)cc(CC2CCC(C)NC2)c1. The maximum atomic E-state index is 3.58. The highest BCUT2D eigenvalue weighted by atomic mass is 14.9. The highest BCUT2D eigenvalue weighted by molar-refractivity contribution is 5.28. The Kier molecular flexibility index (Phi) is 3.65. The van der Waals surface area contributed by atoms with E-state index < -0.39 is 0 Å². The van der Waals surface area contributed by atoms with Crippen LogP contribution in [-0.4, -0.2) is 12.6 Å². The molecule has 0 spiro atoms. The second-order valence-corrected chi connectivity index (χ2v) is 5.45. The summed E-state index contributed by atoms with van der Waals surface area (Å²) in [7, 11) is 0. The van der Waals surface area contributed by atoms with Crippen molar-refractivity contribution < 1.29 is 0 Å². The van der Waals surface area contributed by atoms with Crippen molar-refractivity contribution in [2.45, 2.75) is 46.1 Å². The summed E-state index contributed by atoms with van der Waals surface area (Å²) in [6.45, 7) is 7.86. The molecule has 2 rings (SSSR count). The van der Waals surface area contributed by atoms with Gasteiger partial charge in [-0.3, -0.25) is 0 Å². The Hall–Kier alpha value is -0.820. The summed E-state index contributed by atoms with van der Waals surface area (Å²) in [5.74, 6) is 0.831. The van der Waals surface area contributed by atoms with Crippen molar-refractivity contribution in [3.05, 3.63) is 34.9 Å². The molecule has 1 aliphatic heterocycles. The fraction of sp³-hybridized carbons (Fsp3) is 0.600. The van der Waals surface area contributed by atoms with Gasteiger partial charge in [-0.1, -0.05) is 29.3 Å². The number of nitrogens with one attached hydrogen (secondary N) is 1. The van der Waals surface area contributed by atoms with Gasteiger partial charge in [-0.2, -0.15) is 0 Å². The van der Waals surface area contributed by atoms with Crippen LogP contribution in [0.3, 0.4) is 0 Å². The van der Waals surface area contributed by atoms with Crippen molar-refractivity contribution in [2.24, 2.45) is 5.92 Å². The Labute approximate surface area is 99.3 Å². The third-order valence-corrected chi connectivity index (χ3v) is 3.57. The van der Waals surface area contributed by atoms with Crippen LogP contribution in [0.25, 0.3) is 0 Å². The lowest BCUT2D eigenvalue weighted by molar-refractivity contribution is 0.322. The number of hydrogen-bond acceptors (Lipinski definition) is 1. The molecule has 1 heteroatoms. The maximum absolute atomic E-state index is 3.58. The molecular formula is C15H23N. The second-order valence-electron chi connectivity index (χ2n) is 5.45. The Morgan fingerprint density at radius 1 is 1.12 bits per heavy atom. The first kappa shape index (κ1) is 11.7. The molecule has 88 valence electrons. The van der Waals surface area contributed by atoms with Gasteiger partial charge in [-0.15, -0.1) is 0 Å². The molecule has 1 saturated heterocycles. The summed E-state index contributed by atoms with van der Waals surface area (Å²) in [5, 5.41) is 3.58. The molecule has 1 aromatic rings. The fourth-order valence-electron chi connectivity index (χ4n) is 2.75. The van der Waals surface area contributed by atoms with E-state index in [0.717, 1.165) is 12.0 Å². The summed E-state index contributed by atoms with van der Waals surface area (Å²) >= 11 is 0. The van der Waals surface area contributed by atoms with E-state index in [-0.39, 0.29) is 0 Å². The van der Waals surface area contributed by atoms with Gasteiger partial charge in [0.25, 0.3) is 0 Å². The largest absolute Gasteiger partial charge is 0.314 e. The van der Waals surface area contributed by atoms with Crippen LogP contribution in [0, 0.1) is 19.8 Å². The first-order chi connectivity index (χ1) is 7.63. The minimum Gasteiger partial charge on any atom is -0.314 e. The molecule has 1 nitrogen and oxygen atoms in total. The van der Waals surface area contributed by atoms with Gasteiger partial charge in [0.1, 0.15) is 0 Å². The van der Waals surface area contributed by atoms with Gasteiger partial charge < -0.3 is 5.32 Å². The Morgan fingerprint density at radius 2 is 1.81 bits per heavy atom. The van der Waals surface area contributed by atoms with Crippen LogP contribution in [0.2, 0.25) is 0 Å². The van der Waals surface area contributed by atoms with Crippen LogP contribution in [-0.2, 0) is 6.42 Å². The molecule has 0 radical (unpaired) electrons. The van der Waals surface area contributed by atoms with E-state index in [1.807, 2.05) is 0 Å². The van der Waals surface area contributed by atoms with Crippen LogP contribution >= 0.6 is 0 Å². The standard InChI is InChI=1S/C15H23N/c1-11-6-12(2)8-15(7-11)9-14-5-4-13(3)16-10-14/h6-8,13-14,16H,4-5,9-10H2,1-3H3. The predicted molar refractivity (Wildman–Crippen MR) is 69.8 cm³/mol. The van der Waals surface area contributed by atoms with Crippen LogP contribution < -0.4 is 5.32 Å². The monoisotopic (exact) mass is 217 g/mol. The zero-order valence-electron chi connectivity index (χ0n) is 10.7. The lowest BCUT2D eigenvalue weighted by Gasteiger charge is -2.27. The molecule has 0 bridgehead atoms. The number of rotatable bonds is 2. The lowest BCUT2D eigenvalue weighted by atomic mass is 9.89. The molecule has 16 heavy (non-hydrogen) atoms. The minimum atomic E-state index is 0.718. The van der Waals surface area contributed by atoms with E-state index in [0.29, 0.717) is 0 Å². The van der Waals surface area contributed by atoms with E-state index in [9.17, 15) is 0 Å². The molecule has 1 aromatic carbocycles. The first-order valence-electron chi connectivity index (χ1n) is 6.44. The third kappa shape index (κ3) is 3.08. The Bertz CT molecular complexity index is 328. The normalized spacial score (nSPS) is 25.7. The third-order valence-electron chi connectivity index (χ3n) is 3.57. The van der Waals surface area contributed by atoms with Crippen molar-refractivity contribution in [3.63, 3.8) is 0 Å². The van der Waals surface area contributed by atoms with E-state index in [2.05, 4.69) is 44.3 Å². The van der Waals surface area contributed by atoms with Crippen LogP contribution in [0.4, 0.5) is 0 Å². The van der Waals surface area contributed by atoms with Crippen LogP contribution in [0.5, 0.6) is 0 Å². The molecular weight excluding hydrogens is 194 g/mol. The van der Waals surface area contributed by atoms with Crippen molar-refractivity contribution in [3.8, 4) is 0 Å². The first-order valence-corrected chi connectivity index (χ1v) is 6.44. The molecule has 1 heterocycles. The highest BCUT2D eigenvalue weighted by Gasteiger charge is 2.17. The van der Waals surface area contributed by atoms with Crippen LogP contribution in [0.1, 0.15) is 36.5 Å². The van der Waals surface area contributed by atoms with Gasteiger partial charge in [-0.25, -0.2) is 0 Å². The second kappa shape index (κ2) is 5.01. The predicted octanol–water partition coefficient (Wildman–Crippen LogP) is 3.23. The average molecular weight is 217 g/mol. The van der Waals surface area contributed by atoms with Crippen molar-refractivity contribution >= 4 is 0 Å². The zero-order chi connectivity index (χ0) is 11.5. The number of hydrogen-bond donors (Lipinski definition) is 1. The lowest BCUT2D eigenvalue weighted by Crippen LogP contribution is -2.37. The molecule has 1 N–H and O–H groups in total. The number of piperidine rings is 1. The molecule has 2 unspecified atom stereocenters. The summed E-state index contributed by atoms with van der Waals surface area (Å²) < 4.78 is 0. The molecule has 0 saturated carbocycles. The Morgan fingerprint density at radius 3 is 2.38 bits per heavy atom. The van der Waals surface area contributed by atoms with Crippen molar-refractivity contribution in [1.82, 2.24) is 5.32 Å². The number of aryl methyl sites for hydroxylation is 2. The Balaban J connectivity index is 1.98. The zero-order valence-corrected chi connectivity index (χ0v) is 10.7. The van der Waals surface area contributed by atoms with Gasteiger partial charge in [-0.05, 0) is 58.1 Å². The topological polar surface area (TPSA) is 12.0 Å². The van der Waals surface area contributed by atoms with Gasteiger partial charge in [0.05, 0.1) is 0 Å². The summed E-state index contributed by atoms with van der Waals surface area (Å²) in [6, 6.07) is 7.65. The fourth-order valence-corrected chi connectivity index (χ4v) is 2.75. The van der Waals surface area contributed by atoms with E-state index in [1.54, 1.807) is 0 Å². The molecule has 2 atom stereocenters. The summed E-state index contributed by atoms with van der Waals surface area (Å²) in [6.07, 6.45) is 3.94. The van der Waals surface area contributed by atoms with Gasteiger partial charge >= 0.3 is 0 Å². The molecule has 0 aromatic heterocycles. The molecule has 1 fully saturated rings. The van der Waals surface area contributed by atoms with Gasteiger partial charge in [0, 0.05) is 6.04 Å². The van der Waals surface area contributed by atoms with Crippen LogP contribution in [0.15, 0.2) is 18.2 Å². The van der Waals surface area contributed by atoms with E-state index in [4.69, 9.17) is 0 Å². The molecule has 0 aliphatic carbocycles. The summed E-state index contributed by atoms with van der Waals surface area (Å²) in [5.41, 5.74) is 4.30. The number of benzene rings is 1. The summed E-state index contributed by atoms with van der Waals surface area (Å²) in [4.78, 5) is 0. The maximum Gasteiger partial charge on any atom is 0.00389 e. The van der Waals surface area contributed by atoms with Crippen molar-refractivity contribution in [2.75, 3.05) is 6.54 Å². The highest BCUT2D eigenvalue weighted by Crippen LogP contribution is 2.20. The van der Waals surface area contributed by atoms with Gasteiger partial charge in [0.15, 0.2) is 0 Å². The average Bonchev–Trinajstić information content (AvgIpc) is 2.20. The minimum absolute atomic E-state index is 0.718. The smallest absolute Gasteiger partial charge is 0.00389 e. The van der Waals surface area contributed by atoms with E-state index >= 15 is 0 Å².